The van der Waals surface area contributed by atoms with Gasteiger partial charge in [-0.3, -0.25) is 9.79 Å². The van der Waals surface area contributed by atoms with Gasteiger partial charge in [0.15, 0.2) is 18.1 Å². The molecule has 2 atom stereocenters. The van der Waals surface area contributed by atoms with Crippen LogP contribution in [0.1, 0.15) is 57.9 Å². The molecule has 1 aliphatic rings. The number of nitrogens with zero attached hydrogens (tertiary/aromatic N) is 1. The number of fused-ring (bicyclic) bond motifs is 1. The third-order valence-corrected chi connectivity index (χ3v) is 7.30. The molecule has 7 nitrogen and oxygen atoms in total. The van der Waals surface area contributed by atoms with E-state index in [1.54, 1.807) is 14.2 Å². The quantitative estimate of drug-likeness (QED) is 0.361. The van der Waals surface area contributed by atoms with E-state index in [1.165, 1.54) is 5.56 Å². The molecular formula is C30H39N3O4. The van der Waals surface area contributed by atoms with Crippen LogP contribution in [-0.4, -0.2) is 50.5 Å². The highest BCUT2D eigenvalue weighted by Gasteiger charge is 2.23. The molecule has 7 heteroatoms. The Kier molecular flexibility index (Phi) is 8.41. The predicted octanol–water partition coefficient (Wildman–Crippen LogP) is 6.12. The first kappa shape index (κ1) is 26.6. The average molecular weight is 506 g/mol. The zero-order chi connectivity index (χ0) is 26.5. The van der Waals surface area contributed by atoms with Gasteiger partial charge in [0.2, 0.25) is 0 Å². The monoisotopic (exact) mass is 505 g/mol. The molecule has 0 radical (unpaired) electrons. The topological polar surface area (TPSA) is 84.9 Å². The SMILES string of the molecule is CN=C1CC[C@@H](C)CCC1NC(=O)COc1ccc2[nH]c(-c3ccc(OC)c(OC)c3)c(C(C)C)c2c1. The number of aromatic nitrogens is 1. The van der Waals surface area contributed by atoms with Crippen molar-refractivity contribution in [3.8, 4) is 28.5 Å². The number of H-pyrrole nitrogens is 1. The van der Waals surface area contributed by atoms with Gasteiger partial charge in [-0.05, 0) is 79.5 Å². The molecule has 1 amide bonds. The van der Waals surface area contributed by atoms with Crippen LogP contribution >= 0.6 is 0 Å². The number of hydrogen-bond donors (Lipinski definition) is 2. The smallest absolute Gasteiger partial charge is 0.258 e. The average Bonchev–Trinajstić information content (AvgIpc) is 3.19. The first-order valence-electron chi connectivity index (χ1n) is 13.1. The maximum atomic E-state index is 12.8. The number of aromatic amines is 1. The second-order valence-electron chi connectivity index (χ2n) is 10.2. The molecular weight excluding hydrogens is 466 g/mol. The summed E-state index contributed by atoms with van der Waals surface area (Å²) in [6, 6.07) is 11.9. The van der Waals surface area contributed by atoms with E-state index >= 15 is 0 Å². The zero-order valence-electron chi connectivity index (χ0n) is 22.8. The minimum absolute atomic E-state index is 0.00482. The fourth-order valence-corrected chi connectivity index (χ4v) is 5.24. The number of rotatable bonds is 8. The third-order valence-electron chi connectivity index (χ3n) is 7.30. The first-order chi connectivity index (χ1) is 17.8. The van der Waals surface area contributed by atoms with Crippen molar-refractivity contribution in [3.63, 3.8) is 0 Å². The summed E-state index contributed by atoms with van der Waals surface area (Å²) in [5.41, 5.74) is 5.34. The Balaban J connectivity index is 1.53. The van der Waals surface area contributed by atoms with Crippen LogP contribution in [0.2, 0.25) is 0 Å². The van der Waals surface area contributed by atoms with Gasteiger partial charge in [0.25, 0.3) is 5.91 Å². The van der Waals surface area contributed by atoms with Gasteiger partial charge in [0.05, 0.1) is 26.0 Å². The second kappa shape index (κ2) is 11.7. The highest BCUT2D eigenvalue weighted by molar-refractivity contribution is 5.94. The fourth-order valence-electron chi connectivity index (χ4n) is 5.24. The summed E-state index contributed by atoms with van der Waals surface area (Å²) in [5, 5.41) is 4.22. The summed E-state index contributed by atoms with van der Waals surface area (Å²) in [6.07, 6.45) is 4.07. The van der Waals surface area contributed by atoms with Crippen LogP contribution in [0.15, 0.2) is 41.4 Å². The van der Waals surface area contributed by atoms with Crippen molar-refractivity contribution in [2.24, 2.45) is 10.9 Å². The highest BCUT2D eigenvalue weighted by atomic mass is 16.5. The standard InChI is InChI=1S/C30H39N3O4/c1-18(2)29-22-16-21(37-17-28(34)32-25-12-8-19(3)7-11-24(25)31-4)10-13-23(22)33-30(29)20-9-14-26(35-5)27(15-20)36-6/h9-10,13-16,18-19,25,33H,7-8,11-12,17H2,1-6H3,(H,32,34)/t19-,25?/m1/s1. The molecule has 1 aromatic heterocycles. The van der Waals surface area contributed by atoms with E-state index in [1.807, 2.05) is 43.4 Å². The van der Waals surface area contributed by atoms with E-state index in [0.717, 1.165) is 53.6 Å². The minimum Gasteiger partial charge on any atom is -0.493 e. The molecule has 4 rings (SSSR count). The van der Waals surface area contributed by atoms with Crippen molar-refractivity contribution in [2.75, 3.05) is 27.9 Å². The van der Waals surface area contributed by atoms with Crippen LogP contribution in [0.5, 0.6) is 17.2 Å². The van der Waals surface area contributed by atoms with Gasteiger partial charge >= 0.3 is 0 Å². The third kappa shape index (κ3) is 5.92. The lowest BCUT2D eigenvalue weighted by Crippen LogP contribution is -2.42. The number of methoxy groups -OCH3 is 2. The van der Waals surface area contributed by atoms with Gasteiger partial charge in [0.1, 0.15) is 5.75 Å². The Hall–Kier alpha value is -3.48. The van der Waals surface area contributed by atoms with Crippen molar-refractivity contribution < 1.29 is 19.0 Å². The van der Waals surface area contributed by atoms with Crippen LogP contribution < -0.4 is 19.5 Å². The molecule has 1 unspecified atom stereocenters. The molecule has 198 valence electrons. The number of carbonyl (C=O) groups excluding carboxylic acids is 1. The molecule has 1 aliphatic carbocycles. The molecule has 1 heterocycles. The molecule has 2 aromatic carbocycles. The van der Waals surface area contributed by atoms with Crippen LogP contribution in [0, 0.1) is 5.92 Å². The molecule has 0 spiro atoms. The molecule has 0 aliphatic heterocycles. The number of amides is 1. The Morgan fingerprint density at radius 1 is 1.08 bits per heavy atom. The lowest BCUT2D eigenvalue weighted by Gasteiger charge is -2.18. The summed E-state index contributed by atoms with van der Waals surface area (Å²) in [6.45, 7) is 6.58. The van der Waals surface area contributed by atoms with Crippen molar-refractivity contribution >= 4 is 22.5 Å². The Morgan fingerprint density at radius 3 is 2.57 bits per heavy atom. The van der Waals surface area contributed by atoms with Gasteiger partial charge in [-0.15, -0.1) is 0 Å². The molecule has 37 heavy (non-hydrogen) atoms. The Morgan fingerprint density at radius 2 is 1.86 bits per heavy atom. The van der Waals surface area contributed by atoms with Gasteiger partial charge in [-0.1, -0.05) is 20.8 Å². The summed E-state index contributed by atoms with van der Waals surface area (Å²) >= 11 is 0. The lowest BCUT2D eigenvalue weighted by atomic mass is 9.96. The van der Waals surface area contributed by atoms with Crippen molar-refractivity contribution in [1.29, 1.82) is 0 Å². The number of nitrogens with one attached hydrogen (secondary N) is 2. The Bertz CT molecular complexity index is 1280. The van der Waals surface area contributed by atoms with E-state index < -0.39 is 0 Å². The van der Waals surface area contributed by atoms with Crippen LogP contribution in [0.3, 0.4) is 0 Å². The zero-order valence-corrected chi connectivity index (χ0v) is 22.8. The normalized spacial score (nSPS) is 19.2. The number of ether oxygens (including phenoxy) is 3. The van der Waals surface area contributed by atoms with Crippen molar-refractivity contribution in [2.45, 2.75) is 58.4 Å². The molecule has 3 aromatic rings. The number of hydrogen-bond acceptors (Lipinski definition) is 5. The fraction of sp³-hybridized carbons (Fsp3) is 0.467. The largest absolute Gasteiger partial charge is 0.493 e. The minimum atomic E-state index is -0.120. The molecule has 1 saturated carbocycles. The van der Waals surface area contributed by atoms with E-state index in [0.29, 0.717) is 23.2 Å². The lowest BCUT2D eigenvalue weighted by molar-refractivity contribution is -0.123. The highest BCUT2D eigenvalue weighted by Crippen LogP contribution is 2.39. The molecule has 1 fully saturated rings. The van der Waals surface area contributed by atoms with E-state index in [9.17, 15) is 4.79 Å². The molecule has 0 bridgehead atoms. The summed E-state index contributed by atoms with van der Waals surface area (Å²) in [5.74, 6) is 2.84. The van der Waals surface area contributed by atoms with E-state index in [-0.39, 0.29) is 24.5 Å². The van der Waals surface area contributed by atoms with Gasteiger partial charge in [-0.2, -0.15) is 0 Å². The summed E-state index contributed by atoms with van der Waals surface area (Å²) < 4.78 is 16.9. The van der Waals surface area contributed by atoms with Gasteiger partial charge in [-0.25, -0.2) is 0 Å². The van der Waals surface area contributed by atoms with Gasteiger partial charge in [0, 0.05) is 29.2 Å². The maximum Gasteiger partial charge on any atom is 0.258 e. The van der Waals surface area contributed by atoms with E-state index in [2.05, 4.69) is 36.1 Å². The van der Waals surface area contributed by atoms with Crippen LogP contribution in [0.25, 0.3) is 22.2 Å². The van der Waals surface area contributed by atoms with Crippen LogP contribution in [0.4, 0.5) is 0 Å². The van der Waals surface area contributed by atoms with E-state index in [4.69, 9.17) is 14.2 Å². The summed E-state index contributed by atoms with van der Waals surface area (Å²) in [4.78, 5) is 20.8. The van der Waals surface area contributed by atoms with Crippen LogP contribution in [-0.2, 0) is 4.79 Å². The first-order valence-corrected chi connectivity index (χ1v) is 13.1. The number of aliphatic imine (C=N–C) groups is 1. The molecule has 0 saturated heterocycles. The van der Waals surface area contributed by atoms with Gasteiger partial charge < -0.3 is 24.5 Å². The molecule has 2 N–H and O–H groups in total. The number of benzene rings is 2. The summed E-state index contributed by atoms with van der Waals surface area (Å²) in [7, 11) is 5.09. The Labute approximate surface area is 219 Å². The van der Waals surface area contributed by atoms with Crippen molar-refractivity contribution in [3.05, 3.63) is 42.0 Å². The second-order valence-corrected chi connectivity index (χ2v) is 10.2. The predicted molar refractivity (Wildman–Crippen MR) is 149 cm³/mol. The maximum absolute atomic E-state index is 12.8. The number of carbonyl (C=O) groups is 1. The van der Waals surface area contributed by atoms with Crippen molar-refractivity contribution in [1.82, 2.24) is 10.3 Å².